The SMILES string of the molecule is C1CCNC1.CC(=NC#N)Oc1ccccc1.CCC(=NC#N)Oc1ccccc1.CN.CO.CO[N+](=O)[O-].C[N+](=O)[O-].C[N+](=O)[O-].O=C1CCc2ccccc2CC1.O=C1CCc2ccccc2CC1.[Ba+2].[CH3-].[Ca+2].[H-].[H-].[H-].[H-].c1ccc2c(c1)CCC(N1CCCC1)CC2.c1ccc2c(c1)CCC(N1CCCC1)CC2.c1ccc2c(c1)CCC(N1CCCC1)CC2. The Morgan fingerprint density at radius 2 is 0.664 bits per heavy atom. The van der Waals surface area contributed by atoms with Crippen LogP contribution in [0.4, 0.5) is 0 Å². The number of likely N-dealkylation sites (tertiary alicyclic amines) is 3. The summed E-state index contributed by atoms with van der Waals surface area (Å²) in [6.07, 6.45) is 37.9. The number of para-hydroxylation sites is 2. The zero-order valence-corrected chi connectivity index (χ0v) is 80.8. The van der Waals surface area contributed by atoms with E-state index in [2.05, 4.69) is 162 Å². The first kappa shape index (κ1) is 112. The molecule has 7 aromatic carbocycles. The van der Waals surface area contributed by atoms with Crippen molar-refractivity contribution in [3.63, 3.8) is 0 Å². The van der Waals surface area contributed by atoms with Gasteiger partial charge in [-0.25, -0.2) is 0 Å². The molecule has 0 atom stereocenters. The number of nitrogens with one attached hydrogen (secondary N) is 1. The number of aryl methyl sites for hydroxylation is 10. The van der Waals surface area contributed by atoms with E-state index in [1.165, 1.54) is 210 Å². The molecular formula is C96H139BaCaN12O12-. The Kier molecular flexibility index (Phi) is 65.1. The predicted octanol–water partition coefficient (Wildman–Crippen LogP) is 17.0. The first-order chi connectivity index (χ1) is 57.9. The van der Waals surface area contributed by atoms with Crippen LogP contribution in [0.3, 0.4) is 0 Å². The Bertz CT molecular complexity index is 3780. The number of ketones is 2. The van der Waals surface area contributed by atoms with E-state index in [0.717, 1.165) is 97.8 Å². The number of nitrogens with two attached hydrogens (primary N) is 1. The minimum absolute atomic E-state index is 0. The number of rotatable bonds is 7. The standard InChI is InChI=1S/3C15H21N.2C11H12O.C10H10N2O.C9H8N2O.C4H9N.CH3NO3.2CH3NO2.CH5N.CH4O.CH3.Ba.Ca.4H/c3*1-2-6-14-8-10-15(9-7-13(14)5-1)16-11-3-4-12-16;2*12-11-7-5-9-3-1-2-4-10(9)6-8-11;1-2-10(12-8-11)13-9-6-4-3-5-7-9;1-8(11-7-10)12-9-5-3-2-4-6-9;1-2-4-5-3-1;1-5-2(3)4;2*1-2(3)4;2*1-2;;;;;;;/h3*1-2,5-6,15H,3-4,7-12H2;2*1-4H,5-8H2;3-7H,2H2,1H3;2-6H,1H3;5H,1-4H2;1H3;2*1H3;2H2,1H3;2H,1H3;1H3;;;;;;/q;;;;;;;;;;;;;-1;2*+2;4*-1. The molecule has 0 bridgehead atoms. The van der Waals surface area contributed by atoms with Crippen molar-refractivity contribution in [3.05, 3.63) is 275 Å². The van der Waals surface area contributed by atoms with Crippen molar-refractivity contribution >= 4 is 110 Å². The van der Waals surface area contributed by atoms with Gasteiger partial charge in [-0.15, -0.1) is 20.1 Å². The van der Waals surface area contributed by atoms with Gasteiger partial charge in [0.15, 0.2) is 14.1 Å². The average Bonchev–Trinajstić information content (AvgIpc) is 1.72. The number of aliphatic hydroxyl groups excluding tert-OH is 1. The van der Waals surface area contributed by atoms with Crippen molar-refractivity contribution in [1.29, 1.82) is 10.5 Å². The molecule has 4 heterocycles. The molecule has 26 heteroatoms. The zero-order chi connectivity index (χ0) is 86.5. The third kappa shape index (κ3) is 48.6. The summed E-state index contributed by atoms with van der Waals surface area (Å²) in [5.41, 5.74) is 19.6. The van der Waals surface area contributed by atoms with Crippen LogP contribution in [-0.2, 0) is 78.6 Å². The van der Waals surface area contributed by atoms with Crippen molar-refractivity contribution in [2.75, 3.05) is 87.7 Å². The summed E-state index contributed by atoms with van der Waals surface area (Å²) in [6.45, 7) is 14.1. The fourth-order valence-corrected chi connectivity index (χ4v) is 15.6. The molecule has 4 fully saturated rings. The Hall–Kier alpha value is -7.61. The molecule has 122 heavy (non-hydrogen) atoms. The van der Waals surface area contributed by atoms with E-state index < -0.39 is 14.9 Å². The van der Waals surface area contributed by atoms with Gasteiger partial charge in [-0.1, -0.05) is 165 Å². The molecule has 24 nitrogen and oxygen atoms in total. The number of aliphatic imine (C=N–C) groups is 2. The van der Waals surface area contributed by atoms with Crippen LogP contribution in [0.25, 0.3) is 0 Å². The van der Waals surface area contributed by atoms with Crippen LogP contribution < -0.4 is 20.5 Å². The maximum absolute atomic E-state index is 11.2. The molecule has 0 radical (unpaired) electrons. The minimum Gasteiger partial charge on any atom is -1.00 e. The Morgan fingerprint density at radius 1 is 0.443 bits per heavy atom. The summed E-state index contributed by atoms with van der Waals surface area (Å²) >= 11 is 0. The maximum Gasteiger partial charge on any atom is 2.00 e. The third-order valence-electron chi connectivity index (χ3n) is 21.5. The second-order valence-corrected chi connectivity index (χ2v) is 29.6. The van der Waals surface area contributed by atoms with Gasteiger partial charge in [0.05, 0.1) is 7.11 Å². The van der Waals surface area contributed by atoms with Crippen LogP contribution in [0.5, 0.6) is 11.5 Å². The molecule has 5 aliphatic carbocycles. The van der Waals surface area contributed by atoms with Crippen LogP contribution in [0.2, 0.25) is 0 Å². The Balaban J connectivity index is -0.000000658. The number of fused-ring (bicyclic) bond motifs is 5. The van der Waals surface area contributed by atoms with Gasteiger partial charge in [0.25, 0.3) is 5.09 Å². The van der Waals surface area contributed by atoms with Crippen LogP contribution in [0.1, 0.15) is 197 Å². The summed E-state index contributed by atoms with van der Waals surface area (Å²) < 4.78 is 10.5. The zero-order valence-electron chi connectivity index (χ0n) is 78.1. The number of ether oxygens (including phenoxy) is 2. The van der Waals surface area contributed by atoms with E-state index in [9.17, 15) is 9.59 Å². The molecule has 0 unspecified atom stereocenters. The van der Waals surface area contributed by atoms with Crippen molar-refractivity contribution in [3.8, 4) is 23.9 Å². The molecule has 4 N–H and O–H groups in total. The summed E-state index contributed by atoms with van der Waals surface area (Å²) in [5.74, 6) is 3.00. The van der Waals surface area contributed by atoms with Crippen LogP contribution in [0.15, 0.2) is 192 Å². The molecule has 0 spiro atoms. The molecule has 4 saturated heterocycles. The number of hydrogen-bond acceptors (Lipinski definition) is 21. The summed E-state index contributed by atoms with van der Waals surface area (Å²) in [4.78, 5) is 66.5. The number of nitro groups is 2. The van der Waals surface area contributed by atoms with Gasteiger partial charge in [-0.3, -0.25) is 29.8 Å². The molecule has 0 aromatic heterocycles. The van der Waals surface area contributed by atoms with Gasteiger partial charge in [-0.2, -0.15) is 10.5 Å². The van der Waals surface area contributed by atoms with E-state index in [1.54, 1.807) is 64.8 Å². The topological polar surface area (TPSA) is 332 Å². The van der Waals surface area contributed by atoms with Crippen LogP contribution >= 0.6 is 0 Å². The average molecular weight is 1830 g/mol. The summed E-state index contributed by atoms with van der Waals surface area (Å²) in [6, 6.07) is 64.9. The van der Waals surface area contributed by atoms with E-state index in [4.69, 9.17) is 55.4 Å². The van der Waals surface area contributed by atoms with Crippen molar-refractivity contribution < 1.29 is 49.6 Å². The normalized spacial score (nSPS) is 16.3. The van der Waals surface area contributed by atoms with E-state index in [1.807, 2.05) is 55.5 Å². The number of benzene rings is 7. The monoisotopic (exact) mass is 1830 g/mol. The molecule has 660 valence electrons. The second-order valence-electron chi connectivity index (χ2n) is 29.6. The molecule has 0 saturated carbocycles. The van der Waals surface area contributed by atoms with E-state index >= 15 is 0 Å². The molecule has 9 aliphatic rings. The van der Waals surface area contributed by atoms with E-state index in [-0.39, 0.29) is 99.8 Å². The minimum atomic E-state index is -0.875. The number of Topliss-reactive ketones (excluding diaryl/α,β-unsaturated/α-hetero) is 2. The number of nitriles is 2. The quantitative estimate of drug-likeness (QED) is 0.0195. The fraction of sp³-hybridized carbons (Fsp3) is 0.490. The summed E-state index contributed by atoms with van der Waals surface area (Å²) in [5, 5.41) is 52.4. The number of hydrogen-bond donors (Lipinski definition) is 3. The van der Waals surface area contributed by atoms with Crippen molar-refractivity contribution in [1.82, 2.24) is 20.0 Å². The number of carbonyl (C=O) groups is 2. The number of aliphatic hydroxyl groups is 1. The largest absolute Gasteiger partial charge is 2.00 e. The molecule has 7 aromatic rings. The third-order valence-corrected chi connectivity index (χ3v) is 21.5. The number of nitrogens with zero attached hydrogens (tertiary/aromatic N) is 10. The van der Waals surface area contributed by atoms with Gasteiger partial charge in [0.2, 0.25) is 24.2 Å². The first-order valence-electron chi connectivity index (χ1n) is 42.5. The van der Waals surface area contributed by atoms with Gasteiger partial charge < -0.3 is 58.3 Å². The fourth-order valence-electron chi connectivity index (χ4n) is 15.6. The molecule has 4 aliphatic heterocycles. The van der Waals surface area contributed by atoms with Gasteiger partial charge in [-0.05, 0) is 293 Å². The summed E-state index contributed by atoms with van der Waals surface area (Å²) in [7, 11) is 5.28. The van der Waals surface area contributed by atoms with Gasteiger partial charge in [0, 0.05) is 74.1 Å². The predicted molar refractivity (Wildman–Crippen MR) is 498 cm³/mol. The van der Waals surface area contributed by atoms with Crippen molar-refractivity contribution in [2.24, 2.45) is 15.7 Å². The van der Waals surface area contributed by atoms with Gasteiger partial charge in [0.1, 0.15) is 23.1 Å². The smallest absolute Gasteiger partial charge is 1.00 e. The van der Waals surface area contributed by atoms with E-state index in [0.29, 0.717) is 41.3 Å². The van der Waals surface area contributed by atoms with Crippen LogP contribution in [-0.4, -0.2) is 251 Å². The molecular weight excluding hydrogens is 1690 g/mol. The molecule has 16 rings (SSSR count). The Morgan fingerprint density at radius 3 is 0.869 bits per heavy atom. The van der Waals surface area contributed by atoms with Gasteiger partial charge >= 0.3 is 86.6 Å². The van der Waals surface area contributed by atoms with Crippen LogP contribution in [0, 0.1) is 60.7 Å². The first-order valence-corrected chi connectivity index (χ1v) is 42.5. The number of carbonyl (C=O) groups excluding carboxylic acids is 2. The Labute approximate surface area is 803 Å². The molecule has 0 amide bonds. The maximum atomic E-state index is 11.2. The second kappa shape index (κ2) is 70.6. The van der Waals surface area contributed by atoms with Crippen molar-refractivity contribution in [2.45, 2.75) is 218 Å².